The molecule has 8 rings (SSSR count). The molecule has 8 aromatic rings. The van der Waals surface area contributed by atoms with Gasteiger partial charge in [-0.05, 0) is 70.1 Å². The Balaban J connectivity index is 1.31. The molecule has 1 heterocycles. The number of benzene rings is 7. The molecule has 0 bridgehead atoms. The third kappa shape index (κ3) is 4.25. The molecule has 0 amide bonds. The summed E-state index contributed by atoms with van der Waals surface area (Å²) in [7, 11) is 0. The maximum Gasteiger partial charge on any atom is 0.0540 e. The number of fused-ring (bicyclic) bond motifs is 4. The van der Waals surface area contributed by atoms with Crippen molar-refractivity contribution in [1.82, 2.24) is 0 Å². The fraction of sp³-hybridized carbons (Fsp3) is 0. The van der Waals surface area contributed by atoms with Crippen LogP contribution in [-0.4, -0.2) is 0 Å². The summed E-state index contributed by atoms with van der Waals surface area (Å²) in [5, 5.41) is 5.09. The quantitative estimate of drug-likeness (QED) is 0.205. The van der Waals surface area contributed by atoms with Crippen molar-refractivity contribution in [2.45, 2.75) is 0 Å². The van der Waals surface area contributed by atoms with Gasteiger partial charge in [-0.3, -0.25) is 0 Å². The van der Waals surface area contributed by atoms with Gasteiger partial charge in [-0.1, -0.05) is 121 Å². The monoisotopic (exact) mass is 553 g/mol. The fourth-order valence-corrected chi connectivity index (χ4v) is 7.25. The molecule has 0 aliphatic rings. The van der Waals surface area contributed by atoms with Gasteiger partial charge in [0.1, 0.15) is 0 Å². The molecule has 7 aromatic carbocycles. The van der Waals surface area contributed by atoms with Crippen LogP contribution >= 0.6 is 11.3 Å². The first-order valence-corrected chi connectivity index (χ1v) is 15.1. The molecule has 2 heteroatoms. The van der Waals surface area contributed by atoms with Gasteiger partial charge < -0.3 is 4.90 Å². The number of anilines is 3. The van der Waals surface area contributed by atoms with Crippen molar-refractivity contribution in [1.29, 1.82) is 0 Å². The van der Waals surface area contributed by atoms with Crippen LogP contribution in [0.5, 0.6) is 0 Å². The van der Waals surface area contributed by atoms with Gasteiger partial charge in [0.15, 0.2) is 0 Å². The van der Waals surface area contributed by atoms with Crippen LogP contribution in [0.25, 0.3) is 53.2 Å². The van der Waals surface area contributed by atoms with Crippen LogP contribution in [0.1, 0.15) is 0 Å². The van der Waals surface area contributed by atoms with E-state index in [9.17, 15) is 0 Å². The lowest BCUT2D eigenvalue weighted by Crippen LogP contribution is -2.10. The van der Waals surface area contributed by atoms with E-state index >= 15 is 0 Å². The van der Waals surface area contributed by atoms with Gasteiger partial charge in [0.05, 0.1) is 5.69 Å². The number of para-hydroxylation sites is 1. The Morgan fingerprint density at radius 3 is 1.88 bits per heavy atom. The summed E-state index contributed by atoms with van der Waals surface area (Å²) in [6.07, 6.45) is 0. The maximum atomic E-state index is 2.40. The van der Waals surface area contributed by atoms with E-state index in [0.29, 0.717) is 0 Å². The molecule has 198 valence electrons. The van der Waals surface area contributed by atoms with E-state index in [1.54, 1.807) is 0 Å². The van der Waals surface area contributed by atoms with E-state index in [1.807, 2.05) is 11.3 Å². The number of hydrogen-bond acceptors (Lipinski definition) is 2. The second kappa shape index (κ2) is 10.3. The topological polar surface area (TPSA) is 3.24 Å². The first-order chi connectivity index (χ1) is 20.8. The van der Waals surface area contributed by atoms with Gasteiger partial charge in [0.2, 0.25) is 0 Å². The van der Waals surface area contributed by atoms with E-state index in [1.165, 1.54) is 58.9 Å². The van der Waals surface area contributed by atoms with Gasteiger partial charge in [0.25, 0.3) is 0 Å². The molecule has 0 aliphatic heterocycles. The average molecular weight is 554 g/mol. The van der Waals surface area contributed by atoms with Crippen molar-refractivity contribution >= 4 is 59.3 Å². The molecule has 42 heavy (non-hydrogen) atoms. The number of rotatable bonds is 5. The molecular formula is C40H27NS. The molecule has 1 nitrogen and oxygen atoms in total. The largest absolute Gasteiger partial charge is 0.310 e. The van der Waals surface area contributed by atoms with Gasteiger partial charge in [-0.15, -0.1) is 11.3 Å². The Morgan fingerprint density at radius 2 is 1.10 bits per heavy atom. The van der Waals surface area contributed by atoms with Gasteiger partial charge >= 0.3 is 0 Å². The van der Waals surface area contributed by atoms with Gasteiger partial charge in [-0.2, -0.15) is 0 Å². The minimum atomic E-state index is 1.14. The fourth-order valence-electron chi connectivity index (χ4n) is 6.09. The highest BCUT2D eigenvalue weighted by Gasteiger charge is 2.18. The average Bonchev–Trinajstić information content (AvgIpc) is 3.44. The molecule has 0 unspecified atom stereocenters. The first-order valence-electron chi connectivity index (χ1n) is 14.3. The highest BCUT2D eigenvalue weighted by atomic mass is 32.1. The summed E-state index contributed by atoms with van der Waals surface area (Å²) in [6, 6.07) is 59.1. The summed E-state index contributed by atoms with van der Waals surface area (Å²) in [4.78, 5) is 2.40. The molecule has 0 N–H and O–H groups in total. The summed E-state index contributed by atoms with van der Waals surface area (Å²) in [6.45, 7) is 0. The molecule has 0 spiro atoms. The highest BCUT2D eigenvalue weighted by Crippen LogP contribution is 2.44. The van der Waals surface area contributed by atoms with Crippen LogP contribution in [0.3, 0.4) is 0 Å². The summed E-state index contributed by atoms with van der Waals surface area (Å²) in [5.74, 6) is 0. The molecule has 0 aliphatic carbocycles. The minimum absolute atomic E-state index is 1.14. The van der Waals surface area contributed by atoms with Crippen molar-refractivity contribution in [3.05, 3.63) is 164 Å². The first kappa shape index (κ1) is 24.6. The Morgan fingerprint density at radius 1 is 0.405 bits per heavy atom. The van der Waals surface area contributed by atoms with E-state index in [-0.39, 0.29) is 0 Å². The molecule has 0 saturated carbocycles. The standard InChI is InChI=1S/C40H27NS/c1-4-12-28(13-5-1)30-22-24-34-31(26-30)16-10-20-37(34)41(32-17-8-3-9-18-32)33-23-25-36-39(27-33)42-38-21-11-19-35(40(36)38)29-14-6-2-7-15-29/h1-27H. The number of hydrogen-bond donors (Lipinski definition) is 0. The van der Waals surface area contributed by atoms with E-state index in [0.717, 1.165) is 11.4 Å². The molecule has 0 saturated heterocycles. The highest BCUT2D eigenvalue weighted by molar-refractivity contribution is 7.26. The minimum Gasteiger partial charge on any atom is -0.310 e. The third-order valence-electron chi connectivity index (χ3n) is 8.04. The lowest BCUT2D eigenvalue weighted by molar-refractivity contribution is 1.30. The molecular weight excluding hydrogens is 527 g/mol. The van der Waals surface area contributed by atoms with Crippen molar-refractivity contribution in [3.63, 3.8) is 0 Å². The SMILES string of the molecule is c1ccc(-c2ccc3c(N(c4ccccc4)c4ccc5c(c4)sc4cccc(-c6ccccc6)c45)cccc3c2)cc1. The maximum absolute atomic E-state index is 2.40. The lowest BCUT2D eigenvalue weighted by Gasteiger charge is -2.27. The zero-order chi connectivity index (χ0) is 27.9. The van der Waals surface area contributed by atoms with Crippen LogP contribution in [0, 0.1) is 0 Å². The van der Waals surface area contributed by atoms with Gasteiger partial charge in [0, 0.05) is 36.9 Å². The van der Waals surface area contributed by atoms with Crippen LogP contribution in [0.15, 0.2) is 164 Å². The number of thiophene rings is 1. The number of nitrogens with zero attached hydrogens (tertiary/aromatic N) is 1. The van der Waals surface area contributed by atoms with E-state index in [2.05, 4.69) is 169 Å². The zero-order valence-corrected chi connectivity index (χ0v) is 23.8. The van der Waals surface area contributed by atoms with Crippen LogP contribution < -0.4 is 4.90 Å². The summed E-state index contributed by atoms with van der Waals surface area (Å²) >= 11 is 1.87. The van der Waals surface area contributed by atoms with E-state index in [4.69, 9.17) is 0 Å². The van der Waals surface area contributed by atoms with E-state index < -0.39 is 0 Å². The Bertz CT molecular complexity index is 2180. The van der Waals surface area contributed by atoms with Crippen LogP contribution in [0.2, 0.25) is 0 Å². The van der Waals surface area contributed by atoms with Crippen LogP contribution in [0.4, 0.5) is 17.1 Å². The van der Waals surface area contributed by atoms with Crippen molar-refractivity contribution < 1.29 is 0 Å². The Labute approximate surface area is 249 Å². The smallest absolute Gasteiger partial charge is 0.0540 e. The zero-order valence-electron chi connectivity index (χ0n) is 22.9. The molecule has 1 aromatic heterocycles. The predicted octanol–water partition coefficient (Wildman–Crippen LogP) is 12.0. The third-order valence-corrected chi connectivity index (χ3v) is 9.16. The Hall–Kier alpha value is -5.18. The second-order valence-electron chi connectivity index (χ2n) is 10.6. The predicted molar refractivity (Wildman–Crippen MR) is 182 cm³/mol. The van der Waals surface area contributed by atoms with Crippen molar-refractivity contribution in [2.24, 2.45) is 0 Å². The normalized spacial score (nSPS) is 11.3. The molecule has 0 radical (unpaired) electrons. The van der Waals surface area contributed by atoms with Crippen LogP contribution in [-0.2, 0) is 0 Å². The lowest BCUT2D eigenvalue weighted by atomic mass is 9.99. The van der Waals surface area contributed by atoms with Crippen molar-refractivity contribution in [2.75, 3.05) is 4.90 Å². The summed E-state index contributed by atoms with van der Waals surface area (Å²) in [5.41, 5.74) is 8.47. The Kier molecular flexibility index (Phi) is 6.05. The second-order valence-corrected chi connectivity index (χ2v) is 11.7. The van der Waals surface area contributed by atoms with Gasteiger partial charge in [-0.25, -0.2) is 0 Å². The van der Waals surface area contributed by atoms with Crippen molar-refractivity contribution in [3.8, 4) is 22.3 Å². The molecule has 0 atom stereocenters. The molecule has 0 fully saturated rings. The summed E-state index contributed by atoms with van der Waals surface area (Å²) < 4.78 is 2.60.